The Kier molecular flexibility index (Phi) is 4.27. The molecule has 6 heteroatoms. The van der Waals surface area contributed by atoms with Crippen molar-refractivity contribution in [3.05, 3.63) is 28.5 Å². The Bertz CT molecular complexity index is 491. The molecular weight excluding hydrogens is 273 g/mol. The van der Waals surface area contributed by atoms with Crippen molar-refractivity contribution in [1.82, 2.24) is 5.32 Å². The first-order valence-electron chi connectivity index (χ1n) is 6.09. The summed E-state index contributed by atoms with van der Waals surface area (Å²) in [5, 5.41) is 21.7. The number of phenols is 1. The molecule has 1 aromatic rings. The third-order valence-corrected chi connectivity index (χ3v) is 3.47. The van der Waals surface area contributed by atoms with E-state index < -0.39 is 17.5 Å². The van der Waals surface area contributed by atoms with E-state index in [1.54, 1.807) is 0 Å². The zero-order valence-corrected chi connectivity index (χ0v) is 11.0. The summed E-state index contributed by atoms with van der Waals surface area (Å²) in [4.78, 5) is 10.8. The summed E-state index contributed by atoms with van der Waals surface area (Å²) in [5.74, 6) is -1.74. The summed E-state index contributed by atoms with van der Waals surface area (Å²) in [7, 11) is 0. The van der Waals surface area contributed by atoms with E-state index in [0.29, 0.717) is 11.5 Å². The van der Waals surface area contributed by atoms with Crippen LogP contribution in [0.1, 0.15) is 24.8 Å². The minimum Gasteiger partial charge on any atom is -0.505 e. The Labute approximate surface area is 115 Å². The highest BCUT2D eigenvalue weighted by atomic mass is 35.5. The molecule has 0 unspecified atom stereocenters. The Morgan fingerprint density at radius 1 is 1.53 bits per heavy atom. The molecular formula is C13H15ClFNO3. The smallest absolute Gasteiger partial charge is 0.304 e. The van der Waals surface area contributed by atoms with Gasteiger partial charge in [-0.25, -0.2) is 4.39 Å². The lowest BCUT2D eigenvalue weighted by molar-refractivity contribution is -0.137. The molecule has 1 fully saturated rings. The van der Waals surface area contributed by atoms with Gasteiger partial charge in [-0.15, -0.1) is 0 Å². The molecule has 104 valence electrons. The van der Waals surface area contributed by atoms with E-state index in [-0.39, 0.29) is 24.0 Å². The van der Waals surface area contributed by atoms with Crippen molar-refractivity contribution in [3.63, 3.8) is 0 Å². The number of phenolic OH excluding ortho intramolecular Hbond substituents is 1. The number of aliphatic carboxylic acids is 1. The molecule has 0 saturated heterocycles. The molecule has 0 aliphatic heterocycles. The van der Waals surface area contributed by atoms with E-state index >= 15 is 0 Å². The standard InChI is InChI=1S/C13H15ClFNO3/c14-9-3-8(13(19)10(15)4-9)6-16-11(5-12(17)18)7-1-2-7/h3-4,7,11,16,19H,1-2,5-6H2,(H,17,18)/t11-/m0/s1. The normalized spacial score (nSPS) is 16.3. The van der Waals surface area contributed by atoms with Gasteiger partial charge >= 0.3 is 5.97 Å². The molecule has 1 atom stereocenters. The SMILES string of the molecule is O=C(O)C[C@H](NCc1cc(Cl)cc(F)c1O)C1CC1. The van der Waals surface area contributed by atoms with Gasteiger partial charge in [0.15, 0.2) is 11.6 Å². The Hall–Kier alpha value is -1.33. The maximum absolute atomic E-state index is 13.3. The number of rotatable bonds is 6. The zero-order chi connectivity index (χ0) is 14.0. The van der Waals surface area contributed by atoms with E-state index in [0.717, 1.165) is 18.9 Å². The van der Waals surface area contributed by atoms with Gasteiger partial charge in [-0.3, -0.25) is 4.79 Å². The summed E-state index contributed by atoms with van der Waals surface area (Å²) in [6.45, 7) is 0.192. The fourth-order valence-corrected chi connectivity index (χ4v) is 2.31. The molecule has 0 amide bonds. The number of carboxylic acids is 1. The van der Waals surface area contributed by atoms with Crippen molar-refractivity contribution < 1.29 is 19.4 Å². The van der Waals surface area contributed by atoms with Crippen molar-refractivity contribution in [1.29, 1.82) is 0 Å². The first-order valence-corrected chi connectivity index (χ1v) is 6.47. The van der Waals surface area contributed by atoms with E-state index in [4.69, 9.17) is 16.7 Å². The predicted molar refractivity (Wildman–Crippen MR) is 68.7 cm³/mol. The summed E-state index contributed by atoms with van der Waals surface area (Å²) in [5.41, 5.74) is 0.334. The van der Waals surface area contributed by atoms with Crippen LogP contribution in [0.2, 0.25) is 5.02 Å². The maximum Gasteiger partial charge on any atom is 0.304 e. The van der Waals surface area contributed by atoms with Crippen LogP contribution < -0.4 is 5.32 Å². The summed E-state index contributed by atoms with van der Waals surface area (Å²) >= 11 is 5.72. The number of benzene rings is 1. The van der Waals surface area contributed by atoms with E-state index in [1.807, 2.05) is 0 Å². The monoisotopic (exact) mass is 287 g/mol. The number of aromatic hydroxyl groups is 1. The van der Waals surface area contributed by atoms with Gasteiger partial charge in [0.2, 0.25) is 0 Å². The largest absolute Gasteiger partial charge is 0.505 e. The van der Waals surface area contributed by atoms with Gasteiger partial charge in [-0.2, -0.15) is 0 Å². The number of hydrogen-bond acceptors (Lipinski definition) is 3. The first-order chi connectivity index (χ1) is 8.97. The lowest BCUT2D eigenvalue weighted by atomic mass is 10.1. The quantitative estimate of drug-likeness (QED) is 0.752. The maximum atomic E-state index is 13.3. The van der Waals surface area contributed by atoms with Crippen LogP contribution in [0.4, 0.5) is 4.39 Å². The van der Waals surface area contributed by atoms with Gasteiger partial charge in [0.25, 0.3) is 0 Å². The van der Waals surface area contributed by atoms with Crippen molar-refractivity contribution in [2.24, 2.45) is 5.92 Å². The van der Waals surface area contributed by atoms with E-state index in [1.165, 1.54) is 6.07 Å². The van der Waals surface area contributed by atoms with E-state index in [2.05, 4.69) is 5.32 Å². The number of nitrogens with one attached hydrogen (secondary N) is 1. The summed E-state index contributed by atoms with van der Waals surface area (Å²) in [6.07, 6.45) is 2.02. The van der Waals surface area contributed by atoms with Crippen LogP contribution in [-0.4, -0.2) is 22.2 Å². The van der Waals surface area contributed by atoms with Gasteiger partial charge in [0, 0.05) is 23.2 Å². The van der Waals surface area contributed by atoms with Crippen LogP contribution >= 0.6 is 11.6 Å². The van der Waals surface area contributed by atoms with E-state index in [9.17, 15) is 14.3 Å². The fourth-order valence-electron chi connectivity index (χ4n) is 2.09. The molecule has 1 aromatic carbocycles. The van der Waals surface area contributed by atoms with Gasteiger partial charge in [0.1, 0.15) is 0 Å². The molecule has 4 nitrogen and oxygen atoms in total. The molecule has 1 aliphatic rings. The molecule has 19 heavy (non-hydrogen) atoms. The molecule has 0 radical (unpaired) electrons. The third kappa shape index (κ3) is 3.81. The minimum absolute atomic E-state index is 0.0223. The van der Waals surface area contributed by atoms with Crippen molar-refractivity contribution >= 4 is 17.6 Å². The lowest BCUT2D eigenvalue weighted by Crippen LogP contribution is -2.32. The average molecular weight is 288 g/mol. The van der Waals surface area contributed by atoms with Crippen LogP contribution in [-0.2, 0) is 11.3 Å². The summed E-state index contributed by atoms with van der Waals surface area (Å²) in [6, 6.07) is 2.35. The van der Waals surface area contributed by atoms with Gasteiger partial charge in [-0.05, 0) is 30.9 Å². The molecule has 2 rings (SSSR count). The lowest BCUT2D eigenvalue weighted by Gasteiger charge is -2.17. The van der Waals surface area contributed by atoms with Gasteiger partial charge in [-0.1, -0.05) is 11.6 Å². The van der Waals surface area contributed by atoms with Crippen LogP contribution in [0, 0.1) is 11.7 Å². The van der Waals surface area contributed by atoms with Gasteiger partial charge in [0.05, 0.1) is 6.42 Å². The molecule has 1 saturated carbocycles. The highest BCUT2D eigenvalue weighted by Crippen LogP contribution is 2.34. The van der Waals surface area contributed by atoms with Crippen molar-refractivity contribution in [3.8, 4) is 5.75 Å². The summed E-state index contributed by atoms with van der Waals surface area (Å²) < 4.78 is 13.3. The molecule has 1 aliphatic carbocycles. The highest BCUT2D eigenvalue weighted by molar-refractivity contribution is 6.30. The van der Waals surface area contributed by atoms with Gasteiger partial charge < -0.3 is 15.5 Å². The Morgan fingerprint density at radius 3 is 2.79 bits per heavy atom. The van der Waals surface area contributed by atoms with Crippen molar-refractivity contribution in [2.75, 3.05) is 0 Å². The second-order valence-corrected chi connectivity index (χ2v) is 5.25. The zero-order valence-electron chi connectivity index (χ0n) is 10.2. The Morgan fingerprint density at radius 2 is 2.21 bits per heavy atom. The second kappa shape index (κ2) is 5.75. The molecule has 3 N–H and O–H groups in total. The third-order valence-electron chi connectivity index (χ3n) is 3.25. The highest BCUT2D eigenvalue weighted by Gasteiger charge is 2.32. The van der Waals surface area contributed by atoms with Crippen LogP contribution in [0.5, 0.6) is 5.75 Å². The molecule has 0 aromatic heterocycles. The van der Waals surface area contributed by atoms with Crippen molar-refractivity contribution in [2.45, 2.75) is 31.8 Å². The number of carboxylic acid groups (broad SMARTS) is 1. The number of halogens is 2. The molecule has 0 bridgehead atoms. The average Bonchev–Trinajstić information content (AvgIpc) is 3.13. The number of hydrogen-bond donors (Lipinski definition) is 3. The first kappa shape index (κ1) is 14.1. The van der Waals surface area contributed by atoms with Crippen LogP contribution in [0.25, 0.3) is 0 Å². The molecule has 0 heterocycles. The molecule has 0 spiro atoms. The second-order valence-electron chi connectivity index (χ2n) is 4.82. The number of carbonyl (C=O) groups is 1. The fraction of sp³-hybridized carbons (Fsp3) is 0.462. The predicted octanol–water partition coefficient (Wildman–Crippen LogP) is 2.53. The minimum atomic E-state index is -0.870. The Balaban J connectivity index is 2.02. The van der Waals surface area contributed by atoms with Crippen LogP contribution in [0.15, 0.2) is 12.1 Å². The van der Waals surface area contributed by atoms with Crippen LogP contribution in [0.3, 0.4) is 0 Å². The topological polar surface area (TPSA) is 69.6 Å².